The van der Waals surface area contributed by atoms with Crippen LogP contribution in [0.5, 0.6) is 0 Å². The van der Waals surface area contributed by atoms with Gasteiger partial charge in [-0.25, -0.2) is 4.98 Å². The van der Waals surface area contributed by atoms with E-state index >= 15 is 0 Å². The number of thiazole rings is 1. The number of nitrogens with one attached hydrogen (secondary N) is 2. The summed E-state index contributed by atoms with van der Waals surface area (Å²) in [5.41, 5.74) is 5.35. The SMILES string of the molecule is Cc1ncsc1-c1ccc(CN[C@H]2CCCNC2=O)cc1. The monoisotopic (exact) mass is 301 g/mol. The standard InChI is InChI=1S/C16H19N3OS/c1-11-15(21-10-19-11)13-6-4-12(5-7-13)9-18-14-3-2-8-17-16(14)20/h4-7,10,14,18H,2-3,8-9H2,1H3,(H,17,20)/t14-/m0/s1. The third kappa shape index (κ3) is 3.31. The van der Waals surface area contributed by atoms with Crippen molar-refractivity contribution in [1.29, 1.82) is 0 Å². The van der Waals surface area contributed by atoms with Gasteiger partial charge in [0.1, 0.15) is 0 Å². The van der Waals surface area contributed by atoms with Crippen molar-refractivity contribution in [3.8, 4) is 10.4 Å². The molecule has 0 aliphatic carbocycles. The lowest BCUT2D eigenvalue weighted by molar-refractivity contribution is -0.124. The van der Waals surface area contributed by atoms with Crippen LogP contribution in [0.15, 0.2) is 29.8 Å². The van der Waals surface area contributed by atoms with Gasteiger partial charge in [-0.2, -0.15) is 0 Å². The molecule has 110 valence electrons. The summed E-state index contributed by atoms with van der Waals surface area (Å²) in [5, 5.41) is 6.23. The fraction of sp³-hybridized carbons (Fsp3) is 0.375. The third-order valence-electron chi connectivity index (χ3n) is 3.80. The quantitative estimate of drug-likeness (QED) is 0.912. The normalized spacial score (nSPS) is 18.5. The molecule has 0 bridgehead atoms. The third-order valence-corrected chi connectivity index (χ3v) is 4.78. The van der Waals surface area contributed by atoms with Crippen molar-refractivity contribution in [3.05, 3.63) is 41.0 Å². The summed E-state index contributed by atoms with van der Waals surface area (Å²) in [6.07, 6.45) is 1.97. The molecule has 2 heterocycles. The maximum absolute atomic E-state index is 11.7. The lowest BCUT2D eigenvalue weighted by atomic mass is 10.1. The number of hydrogen-bond acceptors (Lipinski definition) is 4. The highest BCUT2D eigenvalue weighted by molar-refractivity contribution is 7.13. The molecule has 1 aliphatic heterocycles. The second-order valence-corrected chi connectivity index (χ2v) is 6.19. The molecular formula is C16H19N3OS. The molecule has 0 radical (unpaired) electrons. The van der Waals surface area contributed by atoms with Crippen LogP contribution < -0.4 is 10.6 Å². The summed E-state index contributed by atoms with van der Waals surface area (Å²) in [6, 6.07) is 8.42. The van der Waals surface area contributed by atoms with Gasteiger partial charge in [0, 0.05) is 13.1 Å². The van der Waals surface area contributed by atoms with E-state index in [0.717, 1.165) is 31.6 Å². The maximum Gasteiger partial charge on any atom is 0.237 e. The van der Waals surface area contributed by atoms with Crippen LogP contribution in [0.4, 0.5) is 0 Å². The molecule has 1 fully saturated rings. The first-order valence-corrected chi connectivity index (χ1v) is 8.12. The molecule has 5 heteroatoms. The van der Waals surface area contributed by atoms with Crippen LogP contribution in [0.3, 0.4) is 0 Å². The Kier molecular flexibility index (Phi) is 4.31. The number of nitrogens with zero attached hydrogens (tertiary/aromatic N) is 1. The number of aryl methyl sites for hydroxylation is 1. The molecule has 2 aromatic rings. The second kappa shape index (κ2) is 6.37. The van der Waals surface area contributed by atoms with Crippen LogP contribution in [-0.2, 0) is 11.3 Å². The molecule has 0 spiro atoms. The minimum absolute atomic E-state index is 0.0535. The predicted octanol–water partition coefficient (Wildman–Crippen LogP) is 2.49. The minimum Gasteiger partial charge on any atom is -0.355 e. The zero-order chi connectivity index (χ0) is 14.7. The van der Waals surface area contributed by atoms with E-state index in [9.17, 15) is 4.79 Å². The molecule has 1 amide bonds. The van der Waals surface area contributed by atoms with Gasteiger partial charge in [0.05, 0.1) is 22.1 Å². The number of amides is 1. The first-order valence-electron chi connectivity index (χ1n) is 7.24. The molecule has 0 saturated carbocycles. The van der Waals surface area contributed by atoms with Crippen molar-refractivity contribution >= 4 is 17.2 Å². The predicted molar refractivity (Wildman–Crippen MR) is 85.2 cm³/mol. The van der Waals surface area contributed by atoms with E-state index in [0.29, 0.717) is 0 Å². The number of benzene rings is 1. The Morgan fingerprint density at radius 2 is 2.19 bits per heavy atom. The van der Waals surface area contributed by atoms with Crippen molar-refractivity contribution in [2.45, 2.75) is 32.4 Å². The number of carbonyl (C=O) groups excluding carboxylic acids is 1. The van der Waals surface area contributed by atoms with Crippen LogP contribution >= 0.6 is 11.3 Å². The summed E-state index contributed by atoms with van der Waals surface area (Å²) in [4.78, 5) is 17.2. The van der Waals surface area contributed by atoms with Gasteiger partial charge in [-0.3, -0.25) is 4.79 Å². The molecule has 1 aromatic heterocycles. The zero-order valence-electron chi connectivity index (χ0n) is 12.1. The molecule has 1 atom stereocenters. The molecule has 0 unspecified atom stereocenters. The Morgan fingerprint density at radius 3 is 2.86 bits per heavy atom. The average molecular weight is 301 g/mol. The highest BCUT2D eigenvalue weighted by Crippen LogP contribution is 2.27. The number of rotatable bonds is 4. The van der Waals surface area contributed by atoms with Crippen LogP contribution in [0, 0.1) is 6.92 Å². The highest BCUT2D eigenvalue weighted by Gasteiger charge is 2.20. The maximum atomic E-state index is 11.7. The van der Waals surface area contributed by atoms with Crippen LogP contribution in [0.1, 0.15) is 24.1 Å². The van der Waals surface area contributed by atoms with E-state index in [-0.39, 0.29) is 11.9 Å². The molecule has 1 aliphatic rings. The van der Waals surface area contributed by atoms with Gasteiger partial charge in [0.15, 0.2) is 0 Å². The molecule has 4 nitrogen and oxygen atoms in total. The Bertz CT molecular complexity index is 621. The smallest absolute Gasteiger partial charge is 0.237 e. The summed E-state index contributed by atoms with van der Waals surface area (Å²) in [7, 11) is 0. The van der Waals surface area contributed by atoms with E-state index < -0.39 is 0 Å². The van der Waals surface area contributed by atoms with Crippen molar-refractivity contribution in [3.63, 3.8) is 0 Å². The molecule has 21 heavy (non-hydrogen) atoms. The molecule has 3 rings (SSSR count). The van der Waals surface area contributed by atoms with Crippen molar-refractivity contribution in [2.24, 2.45) is 0 Å². The van der Waals surface area contributed by atoms with E-state index in [1.54, 1.807) is 11.3 Å². The molecule has 1 aromatic carbocycles. The van der Waals surface area contributed by atoms with Gasteiger partial charge in [0.25, 0.3) is 0 Å². The summed E-state index contributed by atoms with van der Waals surface area (Å²) in [5.74, 6) is 0.123. The number of carbonyl (C=O) groups is 1. The molecule has 2 N–H and O–H groups in total. The van der Waals surface area contributed by atoms with Crippen LogP contribution in [-0.4, -0.2) is 23.5 Å². The van der Waals surface area contributed by atoms with Gasteiger partial charge in [-0.15, -0.1) is 11.3 Å². The summed E-state index contributed by atoms with van der Waals surface area (Å²) < 4.78 is 0. The van der Waals surface area contributed by atoms with Gasteiger partial charge in [0.2, 0.25) is 5.91 Å². The van der Waals surface area contributed by atoms with E-state index in [2.05, 4.69) is 39.9 Å². The second-order valence-electron chi connectivity index (χ2n) is 5.33. The van der Waals surface area contributed by atoms with Crippen molar-refractivity contribution in [1.82, 2.24) is 15.6 Å². The van der Waals surface area contributed by atoms with Gasteiger partial charge < -0.3 is 10.6 Å². The van der Waals surface area contributed by atoms with E-state index in [1.165, 1.54) is 16.0 Å². The fourth-order valence-electron chi connectivity index (χ4n) is 2.56. The molecule has 1 saturated heterocycles. The van der Waals surface area contributed by atoms with Crippen molar-refractivity contribution in [2.75, 3.05) is 6.54 Å². The highest BCUT2D eigenvalue weighted by atomic mass is 32.1. The summed E-state index contributed by atoms with van der Waals surface area (Å²) in [6.45, 7) is 3.56. The van der Waals surface area contributed by atoms with Gasteiger partial charge in [-0.1, -0.05) is 24.3 Å². The van der Waals surface area contributed by atoms with Crippen LogP contribution in [0.2, 0.25) is 0 Å². The number of hydrogen-bond donors (Lipinski definition) is 2. The van der Waals surface area contributed by atoms with E-state index in [4.69, 9.17) is 0 Å². The van der Waals surface area contributed by atoms with E-state index in [1.807, 2.05) is 12.4 Å². The first-order chi connectivity index (χ1) is 10.2. The number of aromatic nitrogens is 1. The number of piperidine rings is 1. The van der Waals surface area contributed by atoms with Crippen LogP contribution in [0.25, 0.3) is 10.4 Å². The van der Waals surface area contributed by atoms with Crippen molar-refractivity contribution < 1.29 is 4.79 Å². The summed E-state index contributed by atoms with van der Waals surface area (Å²) >= 11 is 1.67. The Morgan fingerprint density at radius 1 is 1.38 bits per heavy atom. The largest absolute Gasteiger partial charge is 0.355 e. The first kappa shape index (κ1) is 14.2. The zero-order valence-corrected chi connectivity index (χ0v) is 12.9. The van der Waals surface area contributed by atoms with Gasteiger partial charge in [-0.05, 0) is 30.9 Å². The Hall–Kier alpha value is -1.72. The lowest BCUT2D eigenvalue weighted by Gasteiger charge is -2.22. The lowest BCUT2D eigenvalue weighted by Crippen LogP contribution is -2.47. The van der Waals surface area contributed by atoms with Gasteiger partial charge >= 0.3 is 0 Å². The fourth-order valence-corrected chi connectivity index (χ4v) is 3.37. The Balaban J connectivity index is 1.62. The topological polar surface area (TPSA) is 54.0 Å². The average Bonchev–Trinajstić information content (AvgIpc) is 2.93. The molecular weight excluding hydrogens is 282 g/mol. The minimum atomic E-state index is -0.0535. The Labute approximate surface area is 128 Å².